The van der Waals surface area contributed by atoms with Crippen molar-refractivity contribution < 1.29 is 13.9 Å². The van der Waals surface area contributed by atoms with Crippen molar-refractivity contribution in [3.05, 3.63) is 12.0 Å². The summed E-state index contributed by atoms with van der Waals surface area (Å²) in [6, 6.07) is 0.430. The standard InChI is InChI=1S/C15H21FN4O2/c1-22-14-12(16)8-18-15(19-14)17-7-10-6-13(21)20(9-10)11-4-2-3-5-11/h8,10-11H,2-7,9H2,1H3,(H,17,18,19). The van der Waals surface area contributed by atoms with Gasteiger partial charge in [0.25, 0.3) is 5.88 Å². The molecule has 1 saturated carbocycles. The number of amides is 1. The molecule has 1 aliphatic heterocycles. The van der Waals surface area contributed by atoms with Gasteiger partial charge in [-0.05, 0) is 12.8 Å². The van der Waals surface area contributed by atoms with Gasteiger partial charge < -0.3 is 15.0 Å². The van der Waals surface area contributed by atoms with E-state index in [9.17, 15) is 9.18 Å². The molecule has 1 unspecified atom stereocenters. The summed E-state index contributed by atoms with van der Waals surface area (Å²) in [4.78, 5) is 22.0. The van der Waals surface area contributed by atoms with Crippen LogP contribution in [0.1, 0.15) is 32.1 Å². The highest BCUT2D eigenvalue weighted by Gasteiger charge is 2.35. The molecule has 2 heterocycles. The minimum atomic E-state index is -0.587. The number of hydrogen-bond donors (Lipinski definition) is 1. The minimum Gasteiger partial charge on any atom is -0.479 e. The molecule has 22 heavy (non-hydrogen) atoms. The third-order valence-corrected chi connectivity index (χ3v) is 4.46. The van der Waals surface area contributed by atoms with Crippen molar-refractivity contribution in [1.82, 2.24) is 14.9 Å². The molecular weight excluding hydrogens is 287 g/mol. The van der Waals surface area contributed by atoms with Crippen LogP contribution in [0.2, 0.25) is 0 Å². The summed E-state index contributed by atoms with van der Waals surface area (Å²) >= 11 is 0. The first-order valence-electron chi connectivity index (χ1n) is 7.77. The molecule has 7 heteroatoms. The van der Waals surface area contributed by atoms with Crippen LogP contribution in [-0.2, 0) is 4.79 Å². The fraction of sp³-hybridized carbons (Fsp3) is 0.667. The number of likely N-dealkylation sites (tertiary alicyclic amines) is 1. The summed E-state index contributed by atoms with van der Waals surface area (Å²) < 4.78 is 18.1. The Morgan fingerprint density at radius 1 is 1.45 bits per heavy atom. The van der Waals surface area contributed by atoms with Gasteiger partial charge in [0.2, 0.25) is 17.7 Å². The molecule has 1 aliphatic carbocycles. The number of hydrogen-bond acceptors (Lipinski definition) is 5. The monoisotopic (exact) mass is 308 g/mol. The Bertz CT molecular complexity index is 548. The lowest BCUT2D eigenvalue weighted by Gasteiger charge is -2.24. The zero-order valence-corrected chi connectivity index (χ0v) is 12.7. The van der Waals surface area contributed by atoms with Crippen LogP contribution in [0, 0.1) is 11.7 Å². The summed E-state index contributed by atoms with van der Waals surface area (Å²) in [6.45, 7) is 1.39. The first kappa shape index (κ1) is 15.0. The zero-order chi connectivity index (χ0) is 15.5. The Kier molecular flexibility index (Phi) is 4.40. The number of aromatic nitrogens is 2. The van der Waals surface area contributed by atoms with Crippen molar-refractivity contribution in [2.24, 2.45) is 5.92 Å². The number of anilines is 1. The van der Waals surface area contributed by atoms with E-state index < -0.39 is 5.82 Å². The summed E-state index contributed by atoms with van der Waals surface area (Å²) in [5.74, 6) is 0.151. The predicted octanol–water partition coefficient (Wildman–Crippen LogP) is 1.83. The van der Waals surface area contributed by atoms with Gasteiger partial charge in [0.05, 0.1) is 13.3 Å². The lowest BCUT2D eigenvalue weighted by Crippen LogP contribution is -2.34. The van der Waals surface area contributed by atoms with Gasteiger partial charge in [0.1, 0.15) is 0 Å². The SMILES string of the molecule is COc1nc(NCC2CC(=O)N(C3CCCC3)C2)ncc1F. The van der Waals surface area contributed by atoms with Crippen molar-refractivity contribution in [3.63, 3.8) is 0 Å². The van der Waals surface area contributed by atoms with Gasteiger partial charge in [-0.3, -0.25) is 4.79 Å². The molecule has 6 nitrogen and oxygen atoms in total. The van der Waals surface area contributed by atoms with Gasteiger partial charge >= 0.3 is 0 Å². The Morgan fingerprint density at radius 2 is 2.23 bits per heavy atom. The molecule has 0 aromatic carbocycles. The van der Waals surface area contributed by atoms with Crippen LogP contribution in [-0.4, -0.2) is 47.0 Å². The quantitative estimate of drug-likeness (QED) is 0.899. The number of nitrogens with zero attached hydrogens (tertiary/aromatic N) is 3. The number of halogens is 1. The van der Waals surface area contributed by atoms with Crippen molar-refractivity contribution in [3.8, 4) is 5.88 Å². The molecule has 0 bridgehead atoms. The van der Waals surface area contributed by atoms with Crippen molar-refractivity contribution >= 4 is 11.9 Å². The maximum atomic E-state index is 13.3. The average molecular weight is 308 g/mol. The summed E-state index contributed by atoms with van der Waals surface area (Å²) in [5.41, 5.74) is 0. The highest BCUT2D eigenvalue weighted by Crippen LogP contribution is 2.29. The molecule has 1 N–H and O–H groups in total. The second-order valence-electron chi connectivity index (χ2n) is 5.99. The molecule has 2 fully saturated rings. The molecule has 1 amide bonds. The van der Waals surface area contributed by atoms with E-state index >= 15 is 0 Å². The van der Waals surface area contributed by atoms with Gasteiger partial charge in [-0.15, -0.1) is 0 Å². The van der Waals surface area contributed by atoms with Crippen LogP contribution in [0.3, 0.4) is 0 Å². The molecule has 2 aliphatic rings. The number of carbonyl (C=O) groups is 1. The normalized spacial score (nSPS) is 22.4. The average Bonchev–Trinajstić information content (AvgIpc) is 3.15. The Morgan fingerprint density at radius 3 is 2.95 bits per heavy atom. The van der Waals surface area contributed by atoms with E-state index in [1.54, 1.807) is 0 Å². The molecule has 0 radical (unpaired) electrons. The Balaban J connectivity index is 1.55. The molecule has 120 valence electrons. The summed E-state index contributed by atoms with van der Waals surface area (Å²) in [5, 5.41) is 3.07. The third kappa shape index (κ3) is 3.13. The van der Waals surface area contributed by atoms with Crippen molar-refractivity contribution in [1.29, 1.82) is 0 Å². The summed E-state index contributed by atoms with van der Waals surface area (Å²) in [7, 11) is 1.37. The fourth-order valence-corrected chi connectivity index (χ4v) is 3.33. The highest BCUT2D eigenvalue weighted by molar-refractivity contribution is 5.79. The summed E-state index contributed by atoms with van der Waals surface area (Å²) in [6.07, 6.45) is 6.34. The van der Waals surface area contributed by atoms with Crippen LogP contribution in [0.25, 0.3) is 0 Å². The number of ether oxygens (including phenoxy) is 1. The van der Waals surface area contributed by atoms with Crippen molar-refractivity contribution in [2.75, 3.05) is 25.5 Å². The topological polar surface area (TPSA) is 67.3 Å². The van der Waals surface area contributed by atoms with E-state index in [0.29, 0.717) is 25.0 Å². The largest absolute Gasteiger partial charge is 0.479 e. The molecule has 1 aromatic rings. The van der Waals surface area contributed by atoms with E-state index in [1.165, 1.54) is 20.0 Å². The smallest absolute Gasteiger partial charge is 0.255 e. The maximum absolute atomic E-state index is 13.3. The Labute approximate surface area is 129 Å². The number of nitrogens with one attached hydrogen (secondary N) is 1. The fourth-order valence-electron chi connectivity index (χ4n) is 3.33. The first-order valence-corrected chi connectivity index (χ1v) is 7.77. The van der Waals surface area contributed by atoms with Gasteiger partial charge in [-0.1, -0.05) is 12.8 Å². The third-order valence-electron chi connectivity index (χ3n) is 4.46. The molecule has 0 spiro atoms. The van der Waals surface area contributed by atoms with Crippen LogP contribution in [0.5, 0.6) is 5.88 Å². The van der Waals surface area contributed by atoms with E-state index in [4.69, 9.17) is 4.74 Å². The minimum absolute atomic E-state index is 0.0763. The highest BCUT2D eigenvalue weighted by atomic mass is 19.1. The number of rotatable bonds is 5. The second-order valence-corrected chi connectivity index (χ2v) is 5.99. The lowest BCUT2D eigenvalue weighted by molar-refractivity contribution is -0.129. The molecule has 1 atom stereocenters. The van der Waals surface area contributed by atoms with Crippen LogP contribution < -0.4 is 10.1 Å². The Hall–Kier alpha value is -1.92. The van der Waals surface area contributed by atoms with Crippen LogP contribution in [0.15, 0.2) is 6.20 Å². The van der Waals surface area contributed by atoms with Gasteiger partial charge in [-0.2, -0.15) is 9.37 Å². The van der Waals surface area contributed by atoms with E-state index in [-0.39, 0.29) is 17.7 Å². The molecule has 3 rings (SSSR count). The molecular formula is C15H21FN4O2. The number of carbonyl (C=O) groups excluding carboxylic acids is 1. The van der Waals surface area contributed by atoms with Gasteiger partial charge in [0.15, 0.2) is 0 Å². The van der Waals surface area contributed by atoms with Crippen LogP contribution >= 0.6 is 0 Å². The predicted molar refractivity (Wildman–Crippen MR) is 79.1 cm³/mol. The lowest BCUT2D eigenvalue weighted by atomic mass is 10.1. The van der Waals surface area contributed by atoms with Crippen molar-refractivity contribution in [2.45, 2.75) is 38.1 Å². The van der Waals surface area contributed by atoms with Crippen LogP contribution in [0.4, 0.5) is 10.3 Å². The van der Waals surface area contributed by atoms with Gasteiger partial charge in [0, 0.05) is 31.5 Å². The zero-order valence-electron chi connectivity index (χ0n) is 12.7. The van der Waals surface area contributed by atoms with E-state index in [0.717, 1.165) is 25.6 Å². The van der Waals surface area contributed by atoms with Gasteiger partial charge in [-0.25, -0.2) is 4.98 Å². The second kappa shape index (κ2) is 6.46. The van der Waals surface area contributed by atoms with E-state index in [1.807, 2.05) is 4.90 Å². The maximum Gasteiger partial charge on any atom is 0.255 e. The molecule has 1 saturated heterocycles. The molecule has 1 aromatic heterocycles. The first-order chi connectivity index (χ1) is 10.7. The van der Waals surface area contributed by atoms with E-state index in [2.05, 4.69) is 15.3 Å². The number of methoxy groups -OCH3 is 1.